The van der Waals surface area contributed by atoms with Gasteiger partial charge in [0.2, 0.25) is 10.0 Å². The molecular formula is C42H42N2O10S. The summed E-state index contributed by atoms with van der Waals surface area (Å²) in [5.41, 5.74) is 5.70. The topological polar surface area (TPSA) is 150 Å². The molecule has 0 aliphatic heterocycles. The van der Waals surface area contributed by atoms with Crippen molar-refractivity contribution < 1.29 is 46.8 Å². The van der Waals surface area contributed by atoms with Gasteiger partial charge >= 0.3 is 12.1 Å². The van der Waals surface area contributed by atoms with Crippen LogP contribution in [0.1, 0.15) is 33.7 Å². The zero-order chi connectivity index (χ0) is 39.1. The smallest absolute Gasteiger partial charge is 0.407 e. The summed E-state index contributed by atoms with van der Waals surface area (Å²) in [5, 5.41) is 12.6. The molecule has 1 aliphatic carbocycles. The van der Waals surface area contributed by atoms with Gasteiger partial charge in [0, 0.05) is 48.7 Å². The number of nitrogens with zero attached hydrogens (tertiary/aromatic N) is 1. The third-order valence-corrected chi connectivity index (χ3v) is 11.4. The highest BCUT2D eigenvalue weighted by Crippen LogP contribution is 2.44. The molecule has 0 fully saturated rings. The van der Waals surface area contributed by atoms with E-state index >= 15 is 0 Å². The van der Waals surface area contributed by atoms with E-state index < -0.39 is 28.1 Å². The van der Waals surface area contributed by atoms with Gasteiger partial charge in [0.15, 0.2) is 0 Å². The second-order valence-corrected chi connectivity index (χ2v) is 14.8. The van der Waals surface area contributed by atoms with Crippen LogP contribution in [0.2, 0.25) is 0 Å². The highest BCUT2D eigenvalue weighted by molar-refractivity contribution is 7.89. The van der Waals surface area contributed by atoms with Crippen molar-refractivity contribution in [2.45, 2.75) is 36.4 Å². The molecule has 1 atom stereocenters. The van der Waals surface area contributed by atoms with Crippen molar-refractivity contribution in [1.29, 1.82) is 0 Å². The summed E-state index contributed by atoms with van der Waals surface area (Å²) >= 11 is 0. The molecule has 0 bridgehead atoms. The van der Waals surface area contributed by atoms with Crippen LogP contribution >= 0.6 is 0 Å². The minimum Gasteiger partial charge on any atom is -0.497 e. The van der Waals surface area contributed by atoms with Crippen molar-refractivity contribution >= 4 is 22.1 Å². The Hall–Kier alpha value is -6.05. The maximum absolute atomic E-state index is 14.5. The molecule has 5 aromatic rings. The molecule has 0 spiro atoms. The van der Waals surface area contributed by atoms with Crippen LogP contribution in [0, 0.1) is 0 Å². The number of carbonyl (C=O) groups is 2. The van der Waals surface area contributed by atoms with Crippen LogP contribution in [-0.4, -0.2) is 71.0 Å². The molecule has 0 saturated heterocycles. The summed E-state index contributed by atoms with van der Waals surface area (Å²) in [6, 6.07) is 30.6. The fourth-order valence-corrected chi connectivity index (χ4v) is 8.24. The number of methoxy groups -OCH3 is 4. The first-order valence-electron chi connectivity index (χ1n) is 17.4. The van der Waals surface area contributed by atoms with Crippen LogP contribution in [-0.2, 0) is 39.1 Å². The van der Waals surface area contributed by atoms with Gasteiger partial charge in [-0.15, -0.1) is 0 Å². The summed E-state index contributed by atoms with van der Waals surface area (Å²) < 4.78 is 57.7. The number of amides is 1. The predicted molar refractivity (Wildman–Crippen MR) is 205 cm³/mol. The Labute approximate surface area is 320 Å². The Bertz CT molecular complexity index is 2190. The average molecular weight is 767 g/mol. The number of carboxylic acids is 1. The van der Waals surface area contributed by atoms with Gasteiger partial charge in [-0.25, -0.2) is 18.0 Å². The molecule has 286 valence electrons. The summed E-state index contributed by atoms with van der Waals surface area (Å²) in [4.78, 5) is 25.4. The summed E-state index contributed by atoms with van der Waals surface area (Å²) in [7, 11) is 1.78. The largest absolute Gasteiger partial charge is 0.497 e. The molecule has 0 aromatic heterocycles. The Morgan fingerprint density at radius 1 is 0.709 bits per heavy atom. The van der Waals surface area contributed by atoms with Crippen LogP contribution < -0.4 is 24.3 Å². The van der Waals surface area contributed by atoms with Gasteiger partial charge < -0.3 is 34.1 Å². The second-order valence-electron chi connectivity index (χ2n) is 12.8. The number of fused-ring (bicyclic) bond motifs is 3. The molecule has 2 N–H and O–H groups in total. The van der Waals surface area contributed by atoms with Crippen LogP contribution in [0.4, 0.5) is 4.79 Å². The number of hydrogen-bond donors (Lipinski definition) is 2. The molecule has 5 aromatic carbocycles. The molecule has 6 rings (SSSR count). The third-order valence-electron chi connectivity index (χ3n) is 9.59. The minimum atomic E-state index is -4.25. The monoisotopic (exact) mass is 766 g/mol. The van der Waals surface area contributed by atoms with Crippen LogP contribution in [0.3, 0.4) is 0 Å². The quantitative estimate of drug-likeness (QED) is 0.112. The van der Waals surface area contributed by atoms with E-state index in [-0.39, 0.29) is 36.9 Å². The van der Waals surface area contributed by atoms with E-state index in [2.05, 4.69) is 5.32 Å². The number of hydrogen-bond acceptors (Lipinski definition) is 9. The van der Waals surface area contributed by atoms with Gasteiger partial charge in [-0.3, -0.25) is 0 Å². The molecule has 0 unspecified atom stereocenters. The molecule has 0 saturated carbocycles. The van der Waals surface area contributed by atoms with E-state index in [9.17, 15) is 23.1 Å². The van der Waals surface area contributed by atoms with E-state index in [1.54, 1.807) is 42.5 Å². The maximum Gasteiger partial charge on any atom is 0.407 e. The Morgan fingerprint density at radius 3 is 1.76 bits per heavy atom. The molecule has 1 aliphatic rings. The number of aliphatic carboxylic acids is 1. The Balaban J connectivity index is 1.22. The standard InChI is InChI=1S/C42H42N2O10S/c1-50-30-18-16-28(39(22-30)52-3)24-44(25-29-17-19-31(51-2)23-40(29)53-4)55(48,49)32-11-9-10-27(20-32)21-38(41(45)46)43-42(47)54-26-37-35-14-7-5-12-33(35)34-13-6-8-15-36(34)37/h5-20,22-23,37-38H,21,24-26H2,1-4H3,(H,43,47)(H,45,46)/t38-/m0/s1. The third kappa shape index (κ3) is 8.53. The lowest BCUT2D eigenvalue weighted by Gasteiger charge is -2.25. The number of nitrogens with one attached hydrogen (secondary N) is 1. The zero-order valence-electron chi connectivity index (χ0n) is 30.9. The van der Waals surface area contributed by atoms with Gasteiger partial charge in [0.25, 0.3) is 0 Å². The maximum atomic E-state index is 14.5. The minimum absolute atomic E-state index is 0.00766. The predicted octanol–water partition coefficient (Wildman–Crippen LogP) is 6.65. The van der Waals surface area contributed by atoms with Crippen LogP contribution in [0.15, 0.2) is 114 Å². The Morgan fingerprint density at radius 2 is 1.25 bits per heavy atom. The number of benzene rings is 5. The van der Waals surface area contributed by atoms with E-state index in [0.717, 1.165) is 22.3 Å². The van der Waals surface area contributed by atoms with Gasteiger partial charge in [0.1, 0.15) is 35.6 Å². The number of rotatable bonds is 16. The summed E-state index contributed by atoms with van der Waals surface area (Å²) in [5.74, 6) is 0.430. The van der Waals surface area contributed by atoms with Crippen molar-refractivity contribution in [3.05, 3.63) is 137 Å². The second kappa shape index (κ2) is 17.0. The lowest BCUT2D eigenvalue weighted by atomic mass is 9.98. The molecule has 13 heteroatoms. The number of ether oxygens (including phenoxy) is 5. The van der Waals surface area contributed by atoms with Gasteiger partial charge in [0.05, 0.1) is 33.3 Å². The highest BCUT2D eigenvalue weighted by atomic mass is 32.2. The van der Waals surface area contributed by atoms with Crippen molar-refractivity contribution in [3.8, 4) is 34.1 Å². The lowest BCUT2D eigenvalue weighted by molar-refractivity contribution is -0.139. The van der Waals surface area contributed by atoms with Crippen molar-refractivity contribution in [1.82, 2.24) is 9.62 Å². The normalized spacial score (nSPS) is 12.7. The van der Waals surface area contributed by atoms with E-state index in [0.29, 0.717) is 39.7 Å². The summed E-state index contributed by atoms with van der Waals surface area (Å²) in [6.07, 6.45) is -1.10. The number of sulfonamides is 1. The summed E-state index contributed by atoms with van der Waals surface area (Å²) in [6.45, 7) is -0.167. The first kappa shape index (κ1) is 38.7. The van der Waals surface area contributed by atoms with Crippen molar-refractivity contribution in [3.63, 3.8) is 0 Å². The van der Waals surface area contributed by atoms with Crippen molar-refractivity contribution in [2.24, 2.45) is 0 Å². The molecule has 0 radical (unpaired) electrons. The zero-order valence-corrected chi connectivity index (χ0v) is 31.7. The fraction of sp³-hybridized carbons (Fsp3) is 0.238. The molecule has 12 nitrogen and oxygen atoms in total. The van der Waals surface area contributed by atoms with Gasteiger partial charge in [-0.2, -0.15) is 4.31 Å². The average Bonchev–Trinajstić information content (AvgIpc) is 3.53. The molecular weight excluding hydrogens is 725 g/mol. The molecule has 0 heterocycles. The molecule has 1 amide bonds. The number of alkyl carbamates (subject to hydrolysis) is 1. The highest BCUT2D eigenvalue weighted by Gasteiger charge is 2.31. The fourth-order valence-electron chi connectivity index (χ4n) is 6.77. The first-order valence-corrected chi connectivity index (χ1v) is 18.9. The number of carboxylic acid groups (broad SMARTS) is 1. The van der Waals surface area contributed by atoms with E-state index in [4.69, 9.17) is 23.7 Å². The first-order chi connectivity index (χ1) is 26.6. The van der Waals surface area contributed by atoms with Gasteiger partial charge in [-0.05, 0) is 52.1 Å². The van der Waals surface area contributed by atoms with Gasteiger partial charge in [-0.1, -0.05) is 72.8 Å². The number of carbonyl (C=O) groups excluding carboxylic acids is 1. The SMILES string of the molecule is COc1ccc(CN(Cc2ccc(OC)cc2OC)S(=O)(=O)c2cccc(C[C@H](NC(=O)OCC3c4ccccc4-c4ccccc43)C(=O)O)c2)c(OC)c1. The van der Waals surface area contributed by atoms with E-state index in [1.807, 2.05) is 48.5 Å². The van der Waals surface area contributed by atoms with Crippen LogP contribution in [0.5, 0.6) is 23.0 Å². The molecule has 55 heavy (non-hydrogen) atoms. The van der Waals surface area contributed by atoms with E-state index in [1.165, 1.54) is 50.9 Å². The van der Waals surface area contributed by atoms with Crippen LogP contribution in [0.25, 0.3) is 11.1 Å². The van der Waals surface area contributed by atoms with Crippen molar-refractivity contribution in [2.75, 3.05) is 35.0 Å². The lowest BCUT2D eigenvalue weighted by Crippen LogP contribution is -2.43. The Kier molecular flexibility index (Phi) is 11.9.